The highest BCUT2D eigenvalue weighted by Crippen LogP contribution is 2.28. The van der Waals surface area contributed by atoms with Crippen molar-refractivity contribution in [1.82, 2.24) is 9.78 Å². The van der Waals surface area contributed by atoms with Crippen molar-refractivity contribution >= 4 is 12.0 Å². The Morgan fingerprint density at radius 2 is 1.59 bits per heavy atom. The molecule has 194 valence electrons. The molecule has 0 amide bonds. The molecule has 0 bridgehead atoms. The van der Waals surface area contributed by atoms with Crippen molar-refractivity contribution in [2.24, 2.45) is 0 Å². The van der Waals surface area contributed by atoms with E-state index in [4.69, 9.17) is 9.47 Å². The van der Waals surface area contributed by atoms with Crippen molar-refractivity contribution in [3.05, 3.63) is 144 Å². The summed E-state index contributed by atoms with van der Waals surface area (Å²) in [6.45, 7) is 2.30. The third-order valence-electron chi connectivity index (χ3n) is 6.14. The molecule has 5 rings (SSSR count). The fraction of sp³-hybridized carbons (Fsp3) is 0.0909. The summed E-state index contributed by atoms with van der Waals surface area (Å²) in [5, 5.41) is 4.35. The van der Waals surface area contributed by atoms with Crippen LogP contribution in [0.3, 0.4) is 0 Å². The van der Waals surface area contributed by atoms with Gasteiger partial charge in [-0.05, 0) is 60.0 Å². The zero-order valence-electron chi connectivity index (χ0n) is 21.4. The van der Waals surface area contributed by atoms with Crippen molar-refractivity contribution in [3.63, 3.8) is 0 Å². The second-order valence-electron chi connectivity index (χ2n) is 8.97. The van der Waals surface area contributed by atoms with Crippen molar-refractivity contribution in [2.75, 3.05) is 0 Å². The van der Waals surface area contributed by atoms with E-state index in [1.807, 2.05) is 84.9 Å². The predicted octanol–water partition coefficient (Wildman–Crippen LogP) is 7.76. The van der Waals surface area contributed by atoms with E-state index >= 15 is 0 Å². The molecule has 5 aromatic rings. The minimum absolute atomic E-state index is 0.295. The number of aromatic nitrogens is 2. The van der Waals surface area contributed by atoms with Crippen LogP contribution in [0.5, 0.6) is 11.5 Å². The zero-order valence-corrected chi connectivity index (χ0v) is 21.4. The van der Waals surface area contributed by atoms with Crippen LogP contribution in [-0.4, -0.2) is 15.7 Å². The van der Waals surface area contributed by atoms with Crippen LogP contribution in [0.2, 0.25) is 0 Å². The number of ether oxygens (including phenoxy) is 2. The van der Waals surface area contributed by atoms with Crippen LogP contribution < -0.4 is 9.47 Å². The van der Waals surface area contributed by atoms with Gasteiger partial charge in [-0.2, -0.15) is 5.10 Å². The summed E-state index contributed by atoms with van der Waals surface area (Å²) in [6, 6.07) is 33.3. The van der Waals surface area contributed by atoms with E-state index in [1.54, 1.807) is 37.4 Å². The van der Waals surface area contributed by atoms with Crippen molar-refractivity contribution in [1.29, 1.82) is 0 Å². The molecule has 0 aliphatic rings. The monoisotopic (exact) mass is 518 g/mol. The number of hydrogen-bond donors (Lipinski definition) is 0. The van der Waals surface area contributed by atoms with E-state index in [9.17, 15) is 9.18 Å². The van der Waals surface area contributed by atoms with Crippen LogP contribution in [0.4, 0.5) is 4.39 Å². The number of carbonyl (C=O) groups excluding carboxylic acids is 1. The van der Waals surface area contributed by atoms with E-state index in [0.29, 0.717) is 23.6 Å². The fourth-order valence-corrected chi connectivity index (χ4v) is 4.02. The number of allylic oxidation sites excluding steroid dienone is 1. The molecule has 0 fully saturated rings. The summed E-state index contributed by atoms with van der Waals surface area (Å²) in [5.41, 5.74) is 3.82. The summed E-state index contributed by atoms with van der Waals surface area (Å²) >= 11 is 0. The largest absolute Gasteiger partial charge is 0.489 e. The molecular formula is C33H27FN2O3. The highest BCUT2D eigenvalue weighted by atomic mass is 19.1. The minimum atomic E-state index is -0.478. The van der Waals surface area contributed by atoms with E-state index < -0.39 is 6.10 Å². The van der Waals surface area contributed by atoms with Crippen LogP contribution in [0, 0.1) is 5.82 Å². The lowest BCUT2D eigenvalue weighted by molar-refractivity contribution is 0.0953. The summed E-state index contributed by atoms with van der Waals surface area (Å²) in [7, 11) is 0. The van der Waals surface area contributed by atoms with Crippen molar-refractivity contribution < 1.29 is 18.7 Å². The lowest BCUT2D eigenvalue weighted by atomic mass is 10.1. The van der Waals surface area contributed by atoms with Crippen molar-refractivity contribution in [3.8, 4) is 22.6 Å². The molecule has 0 aliphatic heterocycles. The van der Waals surface area contributed by atoms with E-state index in [2.05, 4.69) is 5.10 Å². The Morgan fingerprint density at radius 3 is 2.31 bits per heavy atom. The highest BCUT2D eigenvalue weighted by molar-refractivity contribution is 5.93. The van der Waals surface area contributed by atoms with E-state index in [1.165, 1.54) is 16.8 Å². The van der Waals surface area contributed by atoms with Gasteiger partial charge in [-0.1, -0.05) is 72.8 Å². The maximum Gasteiger partial charge on any atom is 0.270 e. The lowest BCUT2D eigenvalue weighted by Crippen LogP contribution is -2.10. The number of rotatable bonds is 9. The van der Waals surface area contributed by atoms with Crippen LogP contribution in [0.15, 0.2) is 121 Å². The number of carbonyl (C=O) groups is 1. The Morgan fingerprint density at radius 1 is 0.897 bits per heavy atom. The Labute approximate surface area is 226 Å². The van der Waals surface area contributed by atoms with Gasteiger partial charge >= 0.3 is 0 Å². The van der Waals surface area contributed by atoms with Gasteiger partial charge in [0.1, 0.15) is 35.7 Å². The quantitative estimate of drug-likeness (QED) is 0.187. The Hall–Kier alpha value is -4.97. The van der Waals surface area contributed by atoms with Crippen LogP contribution in [0.1, 0.15) is 34.6 Å². The molecular weight excluding hydrogens is 491 g/mol. The first-order valence-corrected chi connectivity index (χ1v) is 12.6. The summed E-state index contributed by atoms with van der Waals surface area (Å²) in [5.74, 6) is 0.475. The fourth-order valence-electron chi connectivity index (χ4n) is 4.02. The number of benzene rings is 4. The molecule has 0 radical (unpaired) electrons. The number of halogens is 1. The highest BCUT2D eigenvalue weighted by Gasteiger charge is 2.14. The van der Waals surface area contributed by atoms with Gasteiger partial charge in [0, 0.05) is 23.9 Å². The molecule has 1 aromatic heterocycles. The molecule has 0 aliphatic carbocycles. The van der Waals surface area contributed by atoms with E-state index in [0.717, 1.165) is 22.4 Å². The zero-order chi connectivity index (χ0) is 27.0. The third-order valence-corrected chi connectivity index (χ3v) is 6.14. The Kier molecular flexibility index (Phi) is 7.93. The smallest absolute Gasteiger partial charge is 0.270 e. The minimum Gasteiger partial charge on any atom is -0.489 e. The number of hydrogen-bond acceptors (Lipinski definition) is 4. The standard InChI is InChI=1S/C33H27FN2O3/c1-24(39-29-17-18-30(31(34)22-29)27-10-6-3-7-11-27)32-20-21-36(35-32)33(37)19-14-25-12-15-28(16-13-25)38-23-26-8-4-2-5-9-26/h2-22,24H,23H2,1H3/b19-14+. The van der Waals surface area contributed by atoms with Crippen molar-refractivity contribution in [2.45, 2.75) is 19.6 Å². The van der Waals surface area contributed by atoms with Gasteiger partial charge in [0.15, 0.2) is 0 Å². The topological polar surface area (TPSA) is 53.4 Å². The van der Waals surface area contributed by atoms with Crippen LogP contribution in [-0.2, 0) is 6.61 Å². The first-order chi connectivity index (χ1) is 19.0. The van der Waals surface area contributed by atoms with E-state index in [-0.39, 0.29) is 11.7 Å². The normalized spacial score (nSPS) is 11.8. The Balaban J connectivity index is 1.16. The lowest BCUT2D eigenvalue weighted by Gasteiger charge is -2.13. The average Bonchev–Trinajstić information content (AvgIpc) is 3.47. The first-order valence-electron chi connectivity index (χ1n) is 12.6. The molecule has 5 nitrogen and oxygen atoms in total. The van der Waals surface area contributed by atoms with Gasteiger partial charge in [-0.25, -0.2) is 9.07 Å². The predicted molar refractivity (Wildman–Crippen MR) is 150 cm³/mol. The molecule has 39 heavy (non-hydrogen) atoms. The second kappa shape index (κ2) is 12.0. The molecule has 0 saturated carbocycles. The molecule has 0 saturated heterocycles. The number of nitrogens with zero attached hydrogens (tertiary/aromatic N) is 2. The average molecular weight is 519 g/mol. The molecule has 1 heterocycles. The third kappa shape index (κ3) is 6.67. The first kappa shape index (κ1) is 25.7. The van der Waals surface area contributed by atoms with Crippen LogP contribution in [0.25, 0.3) is 17.2 Å². The maximum atomic E-state index is 14.7. The molecule has 4 aromatic carbocycles. The summed E-state index contributed by atoms with van der Waals surface area (Å²) in [6.07, 6.45) is 4.29. The molecule has 1 atom stereocenters. The molecule has 1 unspecified atom stereocenters. The second-order valence-corrected chi connectivity index (χ2v) is 8.97. The molecule has 0 spiro atoms. The SMILES string of the molecule is CC(Oc1ccc(-c2ccccc2)c(F)c1)c1ccn(C(=O)/C=C/c2ccc(OCc3ccccc3)cc2)n1. The summed E-state index contributed by atoms with van der Waals surface area (Å²) < 4.78 is 27.6. The van der Waals surface area contributed by atoms with Gasteiger partial charge in [-0.3, -0.25) is 4.79 Å². The van der Waals surface area contributed by atoms with Gasteiger partial charge in [0.2, 0.25) is 0 Å². The molecule has 0 N–H and O–H groups in total. The van der Waals surface area contributed by atoms with Gasteiger partial charge < -0.3 is 9.47 Å². The van der Waals surface area contributed by atoms with Gasteiger partial charge in [0.05, 0.1) is 0 Å². The maximum absolute atomic E-state index is 14.7. The van der Waals surface area contributed by atoms with Crippen LogP contribution >= 0.6 is 0 Å². The van der Waals surface area contributed by atoms with Gasteiger partial charge in [-0.15, -0.1) is 0 Å². The Bertz CT molecular complexity index is 1560. The molecule has 6 heteroatoms. The van der Waals surface area contributed by atoms with Gasteiger partial charge in [0.25, 0.3) is 5.91 Å². The summed E-state index contributed by atoms with van der Waals surface area (Å²) in [4.78, 5) is 12.7.